The average molecular weight is 276 g/mol. The molecule has 112 valence electrons. The standard InChI is InChI=1S/C17H28N2O/c1-5-18-13(2)15-8-9-17(20-4)16(10-15)12-19(3)11-14-6-7-14/h8-10,13-14,18H,5-7,11-12H2,1-4H3. The Morgan fingerprint density at radius 1 is 1.40 bits per heavy atom. The summed E-state index contributed by atoms with van der Waals surface area (Å²) in [7, 11) is 3.96. The van der Waals surface area contributed by atoms with E-state index in [0.717, 1.165) is 24.8 Å². The summed E-state index contributed by atoms with van der Waals surface area (Å²) in [5.74, 6) is 1.93. The molecular weight excluding hydrogens is 248 g/mol. The van der Waals surface area contributed by atoms with Gasteiger partial charge in [-0.25, -0.2) is 0 Å². The van der Waals surface area contributed by atoms with Crippen molar-refractivity contribution in [2.24, 2.45) is 5.92 Å². The van der Waals surface area contributed by atoms with E-state index >= 15 is 0 Å². The Morgan fingerprint density at radius 3 is 2.75 bits per heavy atom. The second kappa shape index (κ2) is 7.09. The van der Waals surface area contributed by atoms with Gasteiger partial charge in [0.05, 0.1) is 7.11 Å². The first kappa shape index (κ1) is 15.3. The van der Waals surface area contributed by atoms with Crippen LogP contribution in [0.1, 0.15) is 43.9 Å². The van der Waals surface area contributed by atoms with Crippen LogP contribution in [-0.4, -0.2) is 32.1 Å². The van der Waals surface area contributed by atoms with Gasteiger partial charge in [0.2, 0.25) is 0 Å². The van der Waals surface area contributed by atoms with E-state index in [1.54, 1.807) is 7.11 Å². The number of methoxy groups -OCH3 is 1. The molecular formula is C17H28N2O. The van der Waals surface area contributed by atoms with Crippen LogP contribution in [0.3, 0.4) is 0 Å². The lowest BCUT2D eigenvalue weighted by atomic mass is 10.0. The fourth-order valence-corrected chi connectivity index (χ4v) is 2.71. The van der Waals surface area contributed by atoms with Crippen LogP contribution in [0.15, 0.2) is 18.2 Å². The van der Waals surface area contributed by atoms with Crippen molar-refractivity contribution in [1.82, 2.24) is 10.2 Å². The molecule has 1 unspecified atom stereocenters. The van der Waals surface area contributed by atoms with Crippen LogP contribution in [0.2, 0.25) is 0 Å². The molecule has 1 aliphatic rings. The number of hydrogen-bond acceptors (Lipinski definition) is 3. The van der Waals surface area contributed by atoms with Gasteiger partial charge in [-0.1, -0.05) is 13.0 Å². The molecule has 20 heavy (non-hydrogen) atoms. The molecule has 1 aliphatic carbocycles. The number of benzene rings is 1. The van der Waals surface area contributed by atoms with Crippen LogP contribution in [-0.2, 0) is 6.54 Å². The second-order valence-corrected chi connectivity index (χ2v) is 5.99. The first-order valence-electron chi connectivity index (χ1n) is 7.72. The third kappa shape index (κ3) is 4.22. The molecule has 1 atom stereocenters. The highest BCUT2D eigenvalue weighted by Gasteiger charge is 2.23. The maximum Gasteiger partial charge on any atom is 0.123 e. The van der Waals surface area contributed by atoms with Gasteiger partial charge in [-0.05, 0) is 57.0 Å². The summed E-state index contributed by atoms with van der Waals surface area (Å²) in [5.41, 5.74) is 2.63. The number of nitrogens with one attached hydrogen (secondary N) is 1. The third-order valence-corrected chi connectivity index (χ3v) is 4.02. The summed E-state index contributed by atoms with van der Waals surface area (Å²) in [4.78, 5) is 2.41. The third-order valence-electron chi connectivity index (χ3n) is 4.02. The quantitative estimate of drug-likeness (QED) is 0.789. The molecule has 3 heteroatoms. The van der Waals surface area contributed by atoms with Crippen molar-refractivity contribution in [3.63, 3.8) is 0 Å². The second-order valence-electron chi connectivity index (χ2n) is 5.99. The SMILES string of the molecule is CCNC(C)c1ccc(OC)c(CN(C)CC2CC2)c1. The summed E-state index contributed by atoms with van der Waals surface area (Å²) in [6.07, 6.45) is 2.80. The van der Waals surface area contributed by atoms with Crippen molar-refractivity contribution >= 4 is 0 Å². The fraction of sp³-hybridized carbons (Fsp3) is 0.647. The number of ether oxygens (including phenoxy) is 1. The Labute approximate surface area is 123 Å². The van der Waals surface area contributed by atoms with Gasteiger partial charge in [0.15, 0.2) is 0 Å². The van der Waals surface area contributed by atoms with Gasteiger partial charge >= 0.3 is 0 Å². The highest BCUT2D eigenvalue weighted by atomic mass is 16.5. The minimum absolute atomic E-state index is 0.387. The van der Waals surface area contributed by atoms with E-state index in [1.807, 2.05) is 0 Å². The van der Waals surface area contributed by atoms with Crippen LogP contribution >= 0.6 is 0 Å². The summed E-state index contributed by atoms with van der Waals surface area (Å²) >= 11 is 0. The molecule has 0 bridgehead atoms. The van der Waals surface area contributed by atoms with Gasteiger partial charge in [-0.15, -0.1) is 0 Å². The zero-order valence-corrected chi connectivity index (χ0v) is 13.3. The Hall–Kier alpha value is -1.06. The van der Waals surface area contributed by atoms with Gasteiger partial charge in [-0.2, -0.15) is 0 Å². The molecule has 1 N–H and O–H groups in total. The molecule has 1 aromatic rings. The summed E-state index contributed by atoms with van der Waals surface area (Å²) in [5, 5.41) is 3.47. The fourth-order valence-electron chi connectivity index (χ4n) is 2.71. The normalized spacial score (nSPS) is 16.4. The maximum absolute atomic E-state index is 5.51. The van der Waals surface area contributed by atoms with E-state index in [-0.39, 0.29) is 0 Å². The van der Waals surface area contributed by atoms with Crippen LogP contribution in [0, 0.1) is 5.92 Å². The highest BCUT2D eigenvalue weighted by molar-refractivity contribution is 5.38. The minimum Gasteiger partial charge on any atom is -0.496 e. The molecule has 1 saturated carbocycles. The summed E-state index contributed by atoms with van der Waals surface area (Å²) in [6.45, 7) is 7.51. The molecule has 1 aromatic carbocycles. The topological polar surface area (TPSA) is 24.5 Å². The lowest BCUT2D eigenvalue weighted by molar-refractivity contribution is 0.305. The summed E-state index contributed by atoms with van der Waals surface area (Å²) < 4.78 is 5.51. The molecule has 1 fully saturated rings. The molecule has 0 amide bonds. The Kier molecular flexibility index (Phi) is 5.44. The first-order chi connectivity index (χ1) is 9.63. The smallest absolute Gasteiger partial charge is 0.123 e. The van der Waals surface area contributed by atoms with Crippen LogP contribution in [0.5, 0.6) is 5.75 Å². The Balaban J connectivity index is 2.08. The zero-order valence-electron chi connectivity index (χ0n) is 13.3. The van der Waals surface area contributed by atoms with Gasteiger partial charge in [-0.3, -0.25) is 0 Å². The molecule has 3 nitrogen and oxygen atoms in total. The van der Waals surface area contributed by atoms with E-state index in [9.17, 15) is 0 Å². The highest BCUT2D eigenvalue weighted by Crippen LogP contribution is 2.30. The van der Waals surface area contributed by atoms with Gasteiger partial charge in [0.1, 0.15) is 5.75 Å². The van der Waals surface area contributed by atoms with Crippen LogP contribution in [0.25, 0.3) is 0 Å². The number of rotatable bonds is 8. The molecule has 0 radical (unpaired) electrons. The van der Waals surface area contributed by atoms with Crippen LogP contribution in [0.4, 0.5) is 0 Å². The molecule has 0 aliphatic heterocycles. The van der Waals surface area contributed by atoms with Crippen molar-refractivity contribution in [2.45, 2.75) is 39.3 Å². The number of hydrogen-bond donors (Lipinski definition) is 1. The van der Waals surface area contributed by atoms with E-state index in [1.165, 1.54) is 30.5 Å². The lowest BCUT2D eigenvalue weighted by Gasteiger charge is -2.20. The van der Waals surface area contributed by atoms with Crippen molar-refractivity contribution in [1.29, 1.82) is 0 Å². The van der Waals surface area contributed by atoms with E-state index < -0.39 is 0 Å². The molecule has 0 spiro atoms. The monoisotopic (exact) mass is 276 g/mol. The predicted octanol–water partition coefficient (Wildman–Crippen LogP) is 3.21. The van der Waals surface area contributed by atoms with Crippen LogP contribution < -0.4 is 10.1 Å². The average Bonchev–Trinajstić information content (AvgIpc) is 3.22. The predicted molar refractivity (Wildman–Crippen MR) is 84.1 cm³/mol. The van der Waals surface area contributed by atoms with Crippen molar-refractivity contribution in [3.8, 4) is 5.75 Å². The van der Waals surface area contributed by atoms with Crippen molar-refractivity contribution < 1.29 is 4.74 Å². The largest absolute Gasteiger partial charge is 0.496 e. The van der Waals surface area contributed by atoms with E-state index in [0.29, 0.717) is 6.04 Å². The summed E-state index contributed by atoms with van der Waals surface area (Å²) in [6, 6.07) is 6.94. The molecule has 0 aromatic heterocycles. The Morgan fingerprint density at radius 2 is 2.15 bits per heavy atom. The van der Waals surface area contributed by atoms with Gasteiger partial charge in [0, 0.05) is 24.7 Å². The molecule has 0 heterocycles. The molecule has 0 saturated heterocycles. The van der Waals surface area contributed by atoms with Gasteiger partial charge < -0.3 is 15.0 Å². The minimum atomic E-state index is 0.387. The Bertz CT molecular complexity index is 429. The van der Waals surface area contributed by atoms with Crippen molar-refractivity contribution in [3.05, 3.63) is 29.3 Å². The lowest BCUT2D eigenvalue weighted by Crippen LogP contribution is -2.21. The van der Waals surface area contributed by atoms with Gasteiger partial charge in [0.25, 0.3) is 0 Å². The van der Waals surface area contributed by atoms with E-state index in [2.05, 4.69) is 49.3 Å². The first-order valence-corrected chi connectivity index (χ1v) is 7.72. The number of nitrogens with zero attached hydrogens (tertiary/aromatic N) is 1. The maximum atomic E-state index is 5.51. The molecule has 2 rings (SSSR count). The van der Waals surface area contributed by atoms with E-state index in [4.69, 9.17) is 4.74 Å². The van der Waals surface area contributed by atoms with Crippen molar-refractivity contribution in [2.75, 3.05) is 27.2 Å². The zero-order chi connectivity index (χ0) is 14.5.